The predicted octanol–water partition coefficient (Wildman–Crippen LogP) is 8.41. The number of ether oxygens (including phenoxy) is 1. The van der Waals surface area contributed by atoms with Gasteiger partial charge in [-0.25, -0.2) is 13.2 Å². The van der Waals surface area contributed by atoms with Gasteiger partial charge in [-0.3, -0.25) is 0 Å². The first-order valence-corrected chi connectivity index (χ1v) is 12.1. The number of benzene rings is 3. The number of rotatable bonds is 8. The molecule has 4 heteroatoms. The zero-order chi connectivity index (χ0) is 24.1. The topological polar surface area (TPSA) is 9.23 Å². The van der Waals surface area contributed by atoms with Gasteiger partial charge in [-0.1, -0.05) is 74.9 Å². The molecule has 0 saturated heterocycles. The van der Waals surface area contributed by atoms with Crippen LogP contribution in [0.2, 0.25) is 0 Å². The highest BCUT2D eigenvalue weighted by atomic mass is 19.2. The standard InChI is InChI=1S/C30H31F3O/c1-3-18-34-28-17-15-25(19-27(28)31)22-11-6-21(7-12-22)8-13-24-14-16-26(30(33)29(24)32)23-9-4-20(2)5-10-23/h3,6-7,11-12,14-17,19-20,23H,1,4-5,8-10,13,18H2,2H3. The van der Waals surface area contributed by atoms with Crippen LogP contribution in [0.15, 0.2) is 67.3 Å². The molecule has 1 aliphatic carbocycles. The van der Waals surface area contributed by atoms with E-state index in [0.717, 1.165) is 42.4 Å². The van der Waals surface area contributed by atoms with Crippen molar-refractivity contribution in [2.24, 2.45) is 5.92 Å². The summed E-state index contributed by atoms with van der Waals surface area (Å²) in [6, 6.07) is 16.1. The normalized spacial score (nSPS) is 18.0. The maximum atomic E-state index is 14.8. The fourth-order valence-electron chi connectivity index (χ4n) is 4.77. The zero-order valence-electron chi connectivity index (χ0n) is 19.6. The Morgan fingerprint density at radius 3 is 2.24 bits per heavy atom. The molecular formula is C30H31F3O. The van der Waals surface area contributed by atoms with Crippen LogP contribution >= 0.6 is 0 Å². The average molecular weight is 465 g/mol. The lowest BCUT2D eigenvalue weighted by atomic mass is 9.79. The van der Waals surface area contributed by atoms with E-state index in [0.29, 0.717) is 29.9 Å². The number of halogens is 3. The van der Waals surface area contributed by atoms with Crippen LogP contribution in [0.3, 0.4) is 0 Å². The summed E-state index contributed by atoms with van der Waals surface area (Å²) in [6.45, 7) is 6.03. The highest BCUT2D eigenvalue weighted by Crippen LogP contribution is 2.37. The van der Waals surface area contributed by atoms with Crippen LogP contribution in [-0.4, -0.2) is 6.61 Å². The molecule has 0 bridgehead atoms. The van der Waals surface area contributed by atoms with Crippen molar-refractivity contribution < 1.29 is 17.9 Å². The van der Waals surface area contributed by atoms with Gasteiger partial charge in [0, 0.05) is 0 Å². The van der Waals surface area contributed by atoms with Crippen molar-refractivity contribution in [3.05, 3.63) is 101 Å². The Bertz CT molecular complexity index is 1130. The third-order valence-electron chi connectivity index (χ3n) is 6.91. The Kier molecular flexibility index (Phi) is 7.77. The van der Waals surface area contributed by atoms with Crippen molar-refractivity contribution in [3.63, 3.8) is 0 Å². The summed E-state index contributed by atoms with van der Waals surface area (Å²) in [4.78, 5) is 0. The van der Waals surface area contributed by atoms with Gasteiger partial charge in [0.1, 0.15) is 6.61 Å². The Morgan fingerprint density at radius 1 is 0.853 bits per heavy atom. The third kappa shape index (κ3) is 5.55. The molecule has 0 unspecified atom stereocenters. The molecule has 1 fully saturated rings. The van der Waals surface area contributed by atoms with Gasteiger partial charge in [0.05, 0.1) is 0 Å². The first-order chi connectivity index (χ1) is 16.5. The molecule has 0 aromatic heterocycles. The average Bonchev–Trinajstić information content (AvgIpc) is 2.85. The molecule has 0 radical (unpaired) electrons. The van der Waals surface area contributed by atoms with E-state index in [-0.39, 0.29) is 18.3 Å². The minimum Gasteiger partial charge on any atom is -0.486 e. The molecule has 0 N–H and O–H groups in total. The van der Waals surface area contributed by atoms with Crippen LogP contribution in [-0.2, 0) is 12.8 Å². The molecule has 34 heavy (non-hydrogen) atoms. The molecule has 3 aromatic rings. The monoisotopic (exact) mass is 464 g/mol. The highest BCUT2D eigenvalue weighted by Gasteiger charge is 2.24. The summed E-state index contributed by atoms with van der Waals surface area (Å²) in [7, 11) is 0. The van der Waals surface area contributed by atoms with Crippen LogP contribution < -0.4 is 4.74 Å². The SMILES string of the molecule is C=CCOc1ccc(-c2ccc(CCc3ccc(C4CCC(C)CC4)c(F)c3F)cc2)cc1F. The van der Waals surface area contributed by atoms with Gasteiger partial charge in [-0.15, -0.1) is 0 Å². The van der Waals surface area contributed by atoms with Gasteiger partial charge in [0.2, 0.25) is 0 Å². The number of hydrogen-bond acceptors (Lipinski definition) is 1. The first-order valence-electron chi connectivity index (χ1n) is 12.1. The summed E-state index contributed by atoms with van der Waals surface area (Å²) < 4.78 is 49.2. The molecule has 1 aliphatic rings. The summed E-state index contributed by atoms with van der Waals surface area (Å²) in [5, 5.41) is 0. The second-order valence-corrected chi connectivity index (χ2v) is 9.34. The zero-order valence-corrected chi connectivity index (χ0v) is 19.6. The Morgan fingerprint density at radius 2 is 1.56 bits per heavy atom. The van der Waals surface area contributed by atoms with Crippen LogP contribution in [0.25, 0.3) is 11.1 Å². The van der Waals surface area contributed by atoms with E-state index in [1.165, 1.54) is 6.07 Å². The lowest BCUT2D eigenvalue weighted by molar-refractivity contribution is 0.339. The smallest absolute Gasteiger partial charge is 0.165 e. The maximum Gasteiger partial charge on any atom is 0.165 e. The quantitative estimate of drug-likeness (QED) is 0.304. The van der Waals surface area contributed by atoms with Gasteiger partial charge >= 0.3 is 0 Å². The Hall–Kier alpha value is -3.01. The van der Waals surface area contributed by atoms with Gasteiger partial charge in [0.15, 0.2) is 23.2 Å². The van der Waals surface area contributed by atoms with Crippen molar-refractivity contribution in [2.75, 3.05) is 6.61 Å². The molecule has 0 aliphatic heterocycles. The second-order valence-electron chi connectivity index (χ2n) is 9.34. The van der Waals surface area contributed by atoms with Gasteiger partial charge < -0.3 is 4.74 Å². The largest absolute Gasteiger partial charge is 0.486 e. The van der Waals surface area contributed by atoms with E-state index in [9.17, 15) is 13.2 Å². The van der Waals surface area contributed by atoms with Crippen molar-refractivity contribution >= 4 is 0 Å². The lowest BCUT2D eigenvalue weighted by Crippen LogP contribution is -2.13. The van der Waals surface area contributed by atoms with Crippen molar-refractivity contribution in [2.45, 2.75) is 51.4 Å². The molecule has 0 spiro atoms. The second kappa shape index (κ2) is 10.9. The van der Waals surface area contributed by atoms with E-state index in [4.69, 9.17) is 4.74 Å². The number of hydrogen-bond donors (Lipinski definition) is 0. The van der Waals surface area contributed by atoms with Crippen molar-refractivity contribution in [1.82, 2.24) is 0 Å². The molecule has 3 aromatic carbocycles. The molecule has 4 rings (SSSR count). The maximum absolute atomic E-state index is 14.8. The third-order valence-corrected chi connectivity index (χ3v) is 6.91. The highest BCUT2D eigenvalue weighted by molar-refractivity contribution is 5.64. The number of aryl methyl sites for hydroxylation is 2. The van der Waals surface area contributed by atoms with E-state index >= 15 is 0 Å². The molecular weight excluding hydrogens is 433 g/mol. The molecule has 1 saturated carbocycles. The van der Waals surface area contributed by atoms with Crippen LogP contribution in [0.5, 0.6) is 5.75 Å². The van der Waals surface area contributed by atoms with Crippen molar-refractivity contribution in [3.8, 4) is 16.9 Å². The minimum atomic E-state index is -0.706. The summed E-state index contributed by atoms with van der Waals surface area (Å²) >= 11 is 0. The van der Waals surface area contributed by atoms with E-state index in [1.54, 1.807) is 24.3 Å². The van der Waals surface area contributed by atoms with Crippen LogP contribution in [0, 0.1) is 23.4 Å². The first kappa shape index (κ1) is 24.1. The predicted molar refractivity (Wildman–Crippen MR) is 132 cm³/mol. The lowest BCUT2D eigenvalue weighted by Gasteiger charge is -2.27. The summed E-state index contributed by atoms with van der Waals surface area (Å²) in [6.07, 6.45) is 6.59. The summed E-state index contributed by atoms with van der Waals surface area (Å²) in [5.74, 6) is -0.813. The van der Waals surface area contributed by atoms with E-state index < -0.39 is 17.5 Å². The van der Waals surface area contributed by atoms with E-state index in [1.807, 2.05) is 30.3 Å². The Balaban J connectivity index is 1.40. The van der Waals surface area contributed by atoms with Gasteiger partial charge in [-0.2, -0.15) is 0 Å². The fourth-order valence-corrected chi connectivity index (χ4v) is 4.77. The molecule has 0 amide bonds. The molecule has 0 heterocycles. The minimum absolute atomic E-state index is 0.125. The van der Waals surface area contributed by atoms with Gasteiger partial charge in [0.25, 0.3) is 0 Å². The molecule has 0 atom stereocenters. The van der Waals surface area contributed by atoms with Crippen LogP contribution in [0.4, 0.5) is 13.2 Å². The van der Waals surface area contributed by atoms with Crippen molar-refractivity contribution in [1.29, 1.82) is 0 Å². The Labute approximate surface area is 200 Å². The van der Waals surface area contributed by atoms with E-state index in [2.05, 4.69) is 13.5 Å². The summed E-state index contributed by atoms with van der Waals surface area (Å²) in [5.41, 5.74) is 3.58. The van der Waals surface area contributed by atoms with Gasteiger partial charge in [-0.05, 0) is 77.5 Å². The molecule has 178 valence electrons. The van der Waals surface area contributed by atoms with Crippen LogP contribution in [0.1, 0.15) is 55.2 Å². The molecule has 1 nitrogen and oxygen atoms in total. The fraction of sp³-hybridized carbons (Fsp3) is 0.333.